The van der Waals surface area contributed by atoms with Crippen molar-refractivity contribution in [3.63, 3.8) is 0 Å². The first-order valence-corrected chi connectivity index (χ1v) is 9.38. The van der Waals surface area contributed by atoms with Crippen LogP contribution in [0.2, 0.25) is 0 Å². The largest absolute Gasteiger partial charge is 0.396 e. The van der Waals surface area contributed by atoms with Gasteiger partial charge in [0.25, 0.3) is 5.91 Å². The summed E-state index contributed by atoms with van der Waals surface area (Å²) in [6, 6.07) is 2.46. The summed E-state index contributed by atoms with van der Waals surface area (Å²) in [5, 5.41) is 8.98. The minimum absolute atomic E-state index is 0.217. The third-order valence-corrected chi connectivity index (χ3v) is 6.40. The van der Waals surface area contributed by atoms with Crippen LogP contribution in [0.4, 0.5) is 0 Å². The Morgan fingerprint density at radius 2 is 2.40 bits per heavy atom. The zero-order valence-corrected chi connectivity index (χ0v) is 13.3. The Morgan fingerprint density at radius 1 is 1.50 bits per heavy atom. The van der Waals surface area contributed by atoms with Crippen molar-refractivity contribution in [3.05, 3.63) is 21.4 Å². The summed E-state index contributed by atoms with van der Waals surface area (Å²) in [7, 11) is 0. The normalized spacial score (nSPS) is 22.1. The summed E-state index contributed by atoms with van der Waals surface area (Å²) in [6.07, 6.45) is 5.04. The molecule has 110 valence electrons. The molecule has 3 nitrogen and oxygen atoms in total. The quantitative estimate of drug-likeness (QED) is 0.929. The standard InChI is InChI=1S/C15H21NO2S2/c17-7-2-4-12-3-1-6-16(12)15(18)14-9-11-10-19-8-5-13(11)20-14/h9,12,17H,1-8,10H2. The van der Waals surface area contributed by atoms with E-state index >= 15 is 0 Å². The summed E-state index contributed by atoms with van der Waals surface area (Å²) in [4.78, 5) is 17.1. The van der Waals surface area contributed by atoms with Crippen LogP contribution >= 0.6 is 23.1 Å². The number of carbonyl (C=O) groups excluding carboxylic acids is 1. The lowest BCUT2D eigenvalue weighted by atomic mass is 10.1. The van der Waals surface area contributed by atoms with Gasteiger partial charge in [0.15, 0.2) is 0 Å². The fraction of sp³-hybridized carbons (Fsp3) is 0.667. The highest BCUT2D eigenvalue weighted by molar-refractivity contribution is 7.98. The lowest BCUT2D eigenvalue weighted by Gasteiger charge is -2.24. The van der Waals surface area contributed by atoms with Crippen molar-refractivity contribution in [1.82, 2.24) is 4.90 Å². The lowest BCUT2D eigenvalue weighted by molar-refractivity contribution is 0.0729. The van der Waals surface area contributed by atoms with E-state index in [-0.39, 0.29) is 12.5 Å². The number of aliphatic hydroxyl groups excluding tert-OH is 1. The Hall–Kier alpha value is -0.520. The van der Waals surface area contributed by atoms with Crippen LogP contribution in [0.15, 0.2) is 6.07 Å². The topological polar surface area (TPSA) is 40.5 Å². The summed E-state index contributed by atoms with van der Waals surface area (Å²) in [5.41, 5.74) is 1.38. The highest BCUT2D eigenvalue weighted by atomic mass is 32.2. The highest BCUT2D eigenvalue weighted by Crippen LogP contribution is 2.33. The Labute approximate surface area is 128 Å². The number of likely N-dealkylation sites (tertiary alicyclic amines) is 1. The van der Waals surface area contributed by atoms with Crippen LogP contribution in [0.25, 0.3) is 0 Å². The van der Waals surface area contributed by atoms with Gasteiger partial charge in [-0.25, -0.2) is 0 Å². The van der Waals surface area contributed by atoms with E-state index in [1.54, 1.807) is 11.3 Å². The number of carbonyl (C=O) groups is 1. The number of rotatable bonds is 4. The second-order valence-electron chi connectivity index (χ2n) is 5.52. The maximum atomic E-state index is 12.7. The summed E-state index contributed by atoms with van der Waals surface area (Å²) < 4.78 is 0. The van der Waals surface area contributed by atoms with Gasteiger partial charge >= 0.3 is 0 Å². The van der Waals surface area contributed by atoms with Crippen LogP contribution < -0.4 is 0 Å². The van der Waals surface area contributed by atoms with E-state index in [9.17, 15) is 4.79 Å². The molecular formula is C15H21NO2S2. The summed E-state index contributed by atoms with van der Waals surface area (Å²) >= 11 is 3.66. The maximum absolute atomic E-state index is 12.7. The molecule has 0 aliphatic carbocycles. The fourth-order valence-corrected chi connectivity index (χ4v) is 5.45. The monoisotopic (exact) mass is 311 g/mol. The van der Waals surface area contributed by atoms with Crippen LogP contribution in [-0.4, -0.2) is 40.9 Å². The van der Waals surface area contributed by atoms with Gasteiger partial charge in [-0.15, -0.1) is 11.3 Å². The molecule has 0 saturated carbocycles. The van der Waals surface area contributed by atoms with Crippen molar-refractivity contribution in [2.75, 3.05) is 18.9 Å². The third-order valence-electron chi connectivity index (χ3n) is 4.17. The number of aliphatic hydroxyl groups is 1. The number of thiophene rings is 1. The molecule has 1 N–H and O–H groups in total. The van der Waals surface area contributed by atoms with Gasteiger partial charge in [0.1, 0.15) is 0 Å². The van der Waals surface area contributed by atoms with E-state index < -0.39 is 0 Å². The Morgan fingerprint density at radius 3 is 3.20 bits per heavy atom. The molecule has 2 aliphatic heterocycles. The molecule has 5 heteroatoms. The van der Waals surface area contributed by atoms with E-state index in [0.29, 0.717) is 6.04 Å². The van der Waals surface area contributed by atoms with Crippen molar-refractivity contribution in [2.45, 2.75) is 43.9 Å². The Balaban J connectivity index is 1.72. The van der Waals surface area contributed by atoms with Gasteiger partial charge < -0.3 is 10.0 Å². The zero-order chi connectivity index (χ0) is 13.9. The molecule has 1 amide bonds. The van der Waals surface area contributed by atoms with Crippen molar-refractivity contribution in [2.24, 2.45) is 0 Å². The van der Waals surface area contributed by atoms with E-state index in [1.807, 2.05) is 16.7 Å². The molecule has 2 aliphatic rings. The minimum Gasteiger partial charge on any atom is -0.396 e. The first kappa shape index (κ1) is 14.4. The predicted molar refractivity (Wildman–Crippen MR) is 84.6 cm³/mol. The molecule has 1 saturated heterocycles. The van der Waals surface area contributed by atoms with Crippen LogP contribution in [0.3, 0.4) is 0 Å². The molecule has 3 rings (SSSR count). The molecule has 0 aromatic carbocycles. The van der Waals surface area contributed by atoms with E-state index in [1.165, 1.54) is 16.2 Å². The van der Waals surface area contributed by atoms with Gasteiger partial charge in [-0.05, 0) is 49.5 Å². The van der Waals surface area contributed by atoms with Crippen molar-refractivity contribution in [3.8, 4) is 0 Å². The fourth-order valence-electron chi connectivity index (χ4n) is 3.12. The van der Waals surface area contributed by atoms with E-state index in [0.717, 1.165) is 49.3 Å². The Bertz CT molecular complexity index is 463. The number of hydrogen-bond acceptors (Lipinski definition) is 4. The van der Waals surface area contributed by atoms with Crippen molar-refractivity contribution < 1.29 is 9.90 Å². The number of hydrogen-bond donors (Lipinski definition) is 1. The average molecular weight is 311 g/mol. The number of fused-ring (bicyclic) bond motifs is 1. The number of amides is 1. The molecule has 0 spiro atoms. The van der Waals surface area contributed by atoms with Crippen molar-refractivity contribution in [1.29, 1.82) is 0 Å². The van der Waals surface area contributed by atoms with Crippen LogP contribution in [0, 0.1) is 0 Å². The molecule has 1 aromatic heterocycles. The maximum Gasteiger partial charge on any atom is 0.264 e. The molecule has 3 heterocycles. The molecule has 1 aromatic rings. The average Bonchev–Trinajstić information content (AvgIpc) is 3.10. The molecule has 1 unspecified atom stereocenters. The van der Waals surface area contributed by atoms with Gasteiger partial charge in [0.2, 0.25) is 0 Å². The summed E-state index contributed by atoms with van der Waals surface area (Å²) in [6.45, 7) is 1.11. The van der Waals surface area contributed by atoms with Gasteiger partial charge in [-0.2, -0.15) is 11.8 Å². The second-order valence-corrected chi connectivity index (χ2v) is 7.76. The minimum atomic E-state index is 0.217. The number of nitrogens with zero attached hydrogens (tertiary/aromatic N) is 1. The zero-order valence-electron chi connectivity index (χ0n) is 11.6. The van der Waals surface area contributed by atoms with Gasteiger partial charge in [-0.1, -0.05) is 0 Å². The van der Waals surface area contributed by atoms with Gasteiger partial charge in [0, 0.05) is 29.8 Å². The first-order chi connectivity index (χ1) is 9.79. The predicted octanol–water partition coefficient (Wildman–Crippen LogP) is 2.91. The van der Waals surface area contributed by atoms with Gasteiger partial charge in [-0.3, -0.25) is 4.79 Å². The highest BCUT2D eigenvalue weighted by Gasteiger charge is 2.30. The van der Waals surface area contributed by atoms with E-state index in [4.69, 9.17) is 5.11 Å². The SMILES string of the molecule is O=C(c1cc2c(s1)CCSC2)N1CCCC1CCCO. The number of thioether (sulfide) groups is 1. The lowest BCUT2D eigenvalue weighted by Crippen LogP contribution is -2.35. The Kier molecular flexibility index (Phi) is 4.68. The molecule has 1 fully saturated rings. The molecule has 0 bridgehead atoms. The molecule has 1 atom stereocenters. The molecule has 20 heavy (non-hydrogen) atoms. The molecular weight excluding hydrogens is 290 g/mol. The first-order valence-electron chi connectivity index (χ1n) is 7.40. The van der Waals surface area contributed by atoms with Crippen LogP contribution in [0.5, 0.6) is 0 Å². The molecule has 0 radical (unpaired) electrons. The number of aryl methyl sites for hydroxylation is 1. The third kappa shape index (κ3) is 2.90. The summed E-state index contributed by atoms with van der Waals surface area (Å²) in [5.74, 6) is 2.46. The van der Waals surface area contributed by atoms with Crippen LogP contribution in [-0.2, 0) is 12.2 Å². The van der Waals surface area contributed by atoms with Gasteiger partial charge in [0.05, 0.1) is 4.88 Å². The van der Waals surface area contributed by atoms with Crippen molar-refractivity contribution >= 4 is 29.0 Å². The second kappa shape index (κ2) is 6.50. The smallest absolute Gasteiger partial charge is 0.264 e. The van der Waals surface area contributed by atoms with Crippen LogP contribution in [0.1, 0.15) is 45.8 Å². The van der Waals surface area contributed by atoms with E-state index in [2.05, 4.69) is 6.07 Å².